The lowest BCUT2D eigenvalue weighted by atomic mass is 10.2. The van der Waals surface area contributed by atoms with Crippen LogP contribution in [0.4, 0.5) is 0 Å². The molecule has 0 atom stereocenters. The predicted octanol–water partition coefficient (Wildman–Crippen LogP) is 2.38. The van der Waals surface area contributed by atoms with E-state index in [4.69, 9.17) is 20.8 Å². The Morgan fingerprint density at radius 3 is 2.76 bits per heavy atom. The van der Waals surface area contributed by atoms with E-state index >= 15 is 0 Å². The van der Waals surface area contributed by atoms with Crippen LogP contribution in [-0.4, -0.2) is 55.2 Å². The lowest BCUT2D eigenvalue weighted by molar-refractivity contribution is -0.121. The molecule has 7 heteroatoms. The summed E-state index contributed by atoms with van der Waals surface area (Å²) in [6.07, 6.45) is 2.52. The number of carbonyl (C=O) groups excluding carboxylic acids is 1. The Balaban J connectivity index is 1.39. The third-order valence-corrected chi connectivity index (χ3v) is 4.35. The number of ether oxygens (including phenoxy) is 1. The van der Waals surface area contributed by atoms with Gasteiger partial charge >= 0.3 is 0 Å². The Hall–Kier alpha value is -1.89. The third kappa shape index (κ3) is 5.56. The highest BCUT2D eigenvalue weighted by Crippen LogP contribution is 2.22. The van der Waals surface area contributed by atoms with Crippen LogP contribution in [-0.2, 0) is 16.0 Å². The molecule has 1 aromatic carbocycles. The summed E-state index contributed by atoms with van der Waals surface area (Å²) in [4.78, 5) is 18.5. The van der Waals surface area contributed by atoms with E-state index in [1.54, 1.807) is 18.3 Å². The van der Waals surface area contributed by atoms with E-state index in [9.17, 15) is 4.79 Å². The maximum atomic E-state index is 11.9. The molecule has 1 saturated heterocycles. The average molecular weight is 364 g/mol. The summed E-state index contributed by atoms with van der Waals surface area (Å²) in [7, 11) is 0. The molecule has 0 spiro atoms. The quantitative estimate of drug-likeness (QED) is 0.818. The molecule has 1 aliphatic rings. The van der Waals surface area contributed by atoms with Gasteiger partial charge in [-0.05, 0) is 24.3 Å². The van der Waals surface area contributed by atoms with Crippen LogP contribution >= 0.6 is 11.6 Å². The van der Waals surface area contributed by atoms with E-state index < -0.39 is 0 Å². The molecule has 2 heterocycles. The molecule has 1 aromatic heterocycles. The summed E-state index contributed by atoms with van der Waals surface area (Å²) in [5.74, 6) is 1.26. The van der Waals surface area contributed by atoms with Gasteiger partial charge in [-0.2, -0.15) is 0 Å². The number of aryl methyl sites for hydroxylation is 1. The molecule has 1 N–H and O–H groups in total. The number of aromatic nitrogens is 1. The fourth-order valence-electron chi connectivity index (χ4n) is 2.66. The van der Waals surface area contributed by atoms with Crippen molar-refractivity contribution in [2.75, 3.05) is 39.4 Å². The summed E-state index contributed by atoms with van der Waals surface area (Å²) >= 11 is 5.88. The molecular weight excluding hydrogens is 342 g/mol. The van der Waals surface area contributed by atoms with Crippen molar-refractivity contribution < 1.29 is 13.9 Å². The molecule has 1 fully saturated rings. The number of benzene rings is 1. The molecular formula is C18H22ClN3O3. The Morgan fingerprint density at radius 1 is 1.24 bits per heavy atom. The Bertz CT molecular complexity index is 681. The minimum atomic E-state index is 0.0134. The largest absolute Gasteiger partial charge is 0.441 e. The molecule has 3 rings (SSSR count). The molecule has 0 saturated carbocycles. The van der Waals surface area contributed by atoms with Crippen LogP contribution in [0.15, 0.2) is 34.9 Å². The minimum absolute atomic E-state index is 0.0134. The zero-order valence-electron chi connectivity index (χ0n) is 14.0. The van der Waals surface area contributed by atoms with Crippen molar-refractivity contribution in [1.29, 1.82) is 0 Å². The van der Waals surface area contributed by atoms with Gasteiger partial charge in [-0.25, -0.2) is 4.98 Å². The zero-order valence-corrected chi connectivity index (χ0v) is 14.8. The van der Waals surface area contributed by atoms with E-state index in [2.05, 4.69) is 15.2 Å². The highest BCUT2D eigenvalue weighted by Gasteiger charge is 2.11. The molecule has 6 nitrogen and oxygen atoms in total. The predicted molar refractivity (Wildman–Crippen MR) is 95.5 cm³/mol. The smallest absolute Gasteiger partial charge is 0.220 e. The second-order valence-electron chi connectivity index (χ2n) is 5.93. The van der Waals surface area contributed by atoms with Gasteiger partial charge < -0.3 is 14.5 Å². The fraction of sp³-hybridized carbons (Fsp3) is 0.444. The number of amides is 1. The SMILES string of the molecule is O=C(CCc1ncc(-c2ccc(Cl)cc2)o1)NCCN1CCOCC1. The fourth-order valence-corrected chi connectivity index (χ4v) is 2.79. The highest BCUT2D eigenvalue weighted by atomic mass is 35.5. The van der Waals surface area contributed by atoms with Crippen molar-refractivity contribution in [2.45, 2.75) is 12.8 Å². The summed E-state index contributed by atoms with van der Waals surface area (Å²) in [5, 5.41) is 3.62. The number of hydrogen-bond donors (Lipinski definition) is 1. The van der Waals surface area contributed by atoms with Crippen LogP contribution < -0.4 is 5.32 Å². The number of nitrogens with zero attached hydrogens (tertiary/aromatic N) is 2. The van der Waals surface area contributed by atoms with Crippen molar-refractivity contribution >= 4 is 17.5 Å². The van der Waals surface area contributed by atoms with Crippen LogP contribution in [0, 0.1) is 0 Å². The monoisotopic (exact) mass is 363 g/mol. The van der Waals surface area contributed by atoms with E-state index in [0.717, 1.165) is 38.4 Å². The number of rotatable bonds is 7. The molecule has 25 heavy (non-hydrogen) atoms. The van der Waals surface area contributed by atoms with E-state index in [-0.39, 0.29) is 5.91 Å². The third-order valence-electron chi connectivity index (χ3n) is 4.10. The van der Waals surface area contributed by atoms with Crippen molar-refractivity contribution in [1.82, 2.24) is 15.2 Å². The summed E-state index contributed by atoms with van der Waals surface area (Å²) < 4.78 is 11.0. The van der Waals surface area contributed by atoms with Crippen LogP contribution in [0.5, 0.6) is 0 Å². The second-order valence-corrected chi connectivity index (χ2v) is 6.37. The van der Waals surface area contributed by atoms with Crippen LogP contribution in [0.25, 0.3) is 11.3 Å². The molecule has 0 aliphatic carbocycles. The number of oxazole rings is 1. The zero-order chi connectivity index (χ0) is 17.5. The average Bonchev–Trinajstić information content (AvgIpc) is 3.10. The van der Waals surface area contributed by atoms with Gasteiger partial charge in [0, 0.05) is 49.6 Å². The second kappa shape index (κ2) is 8.99. The molecule has 0 unspecified atom stereocenters. The Labute approximate surface area is 152 Å². The Kier molecular flexibility index (Phi) is 6.44. The number of halogens is 1. The molecule has 1 amide bonds. The van der Waals surface area contributed by atoms with E-state index in [1.807, 2.05) is 12.1 Å². The van der Waals surface area contributed by atoms with Gasteiger partial charge in [-0.3, -0.25) is 9.69 Å². The summed E-state index contributed by atoms with van der Waals surface area (Å²) in [6, 6.07) is 7.37. The first-order chi connectivity index (χ1) is 12.2. The van der Waals surface area contributed by atoms with E-state index in [1.165, 1.54) is 0 Å². The normalized spacial score (nSPS) is 15.2. The minimum Gasteiger partial charge on any atom is -0.441 e. The molecule has 2 aromatic rings. The standard InChI is InChI=1S/C18H22ClN3O3/c19-15-3-1-14(2-4-15)16-13-21-18(25-16)6-5-17(23)20-7-8-22-9-11-24-12-10-22/h1-4,13H,5-12H2,(H,20,23). The summed E-state index contributed by atoms with van der Waals surface area (Å²) in [6.45, 7) is 4.91. The first kappa shape index (κ1) is 17.9. The molecule has 134 valence electrons. The molecule has 0 bridgehead atoms. The Morgan fingerprint density at radius 2 is 2.00 bits per heavy atom. The molecule has 0 radical (unpaired) electrons. The van der Waals surface area contributed by atoms with Crippen LogP contribution in [0.1, 0.15) is 12.3 Å². The van der Waals surface area contributed by atoms with Crippen molar-refractivity contribution in [3.8, 4) is 11.3 Å². The van der Waals surface area contributed by atoms with E-state index in [0.29, 0.717) is 36.1 Å². The van der Waals surface area contributed by atoms with Gasteiger partial charge in [0.25, 0.3) is 0 Å². The van der Waals surface area contributed by atoms with Crippen molar-refractivity contribution in [2.24, 2.45) is 0 Å². The van der Waals surface area contributed by atoms with Gasteiger partial charge in [0.05, 0.1) is 19.4 Å². The number of hydrogen-bond acceptors (Lipinski definition) is 5. The first-order valence-corrected chi connectivity index (χ1v) is 8.86. The van der Waals surface area contributed by atoms with Crippen molar-refractivity contribution in [3.05, 3.63) is 41.4 Å². The van der Waals surface area contributed by atoms with Crippen LogP contribution in [0.2, 0.25) is 5.02 Å². The van der Waals surface area contributed by atoms with Gasteiger partial charge in [0.1, 0.15) is 0 Å². The topological polar surface area (TPSA) is 67.6 Å². The van der Waals surface area contributed by atoms with Gasteiger partial charge in [-0.15, -0.1) is 0 Å². The summed E-state index contributed by atoms with van der Waals surface area (Å²) in [5.41, 5.74) is 0.915. The number of morpholine rings is 1. The van der Waals surface area contributed by atoms with Gasteiger partial charge in [0.15, 0.2) is 11.7 Å². The van der Waals surface area contributed by atoms with Crippen LogP contribution in [0.3, 0.4) is 0 Å². The maximum absolute atomic E-state index is 11.9. The lowest BCUT2D eigenvalue weighted by Crippen LogP contribution is -2.41. The van der Waals surface area contributed by atoms with Crippen molar-refractivity contribution in [3.63, 3.8) is 0 Å². The maximum Gasteiger partial charge on any atom is 0.220 e. The van der Waals surface area contributed by atoms with Gasteiger partial charge in [0.2, 0.25) is 5.91 Å². The lowest BCUT2D eigenvalue weighted by Gasteiger charge is -2.26. The first-order valence-electron chi connectivity index (χ1n) is 8.48. The molecule has 1 aliphatic heterocycles. The highest BCUT2D eigenvalue weighted by molar-refractivity contribution is 6.30. The van der Waals surface area contributed by atoms with Gasteiger partial charge in [-0.1, -0.05) is 11.6 Å². The number of nitrogens with one attached hydrogen (secondary N) is 1. The number of carbonyl (C=O) groups is 1.